The van der Waals surface area contributed by atoms with Crippen LogP contribution in [0.1, 0.15) is 25.3 Å². The van der Waals surface area contributed by atoms with Crippen LogP contribution in [0.15, 0.2) is 23.0 Å². The number of nitrogens with zero attached hydrogens (tertiary/aromatic N) is 3. The van der Waals surface area contributed by atoms with Gasteiger partial charge in [-0.2, -0.15) is 4.68 Å². The van der Waals surface area contributed by atoms with Gasteiger partial charge in [0.25, 0.3) is 11.5 Å². The molecule has 1 aliphatic heterocycles. The van der Waals surface area contributed by atoms with Crippen molar-refractivity contribution in [3.63, 3.8) is 0 Å². The van der Waals surface area contributed by atoms with Crippen LogP contribution in [0.2, 0.25) is 0 Å². The molecule has 2 aromatic rings. The number of carboxylic acid groups (broad SMARTS) is 1. The number of carboxylic acids is 1. The van der Waals surface area contributed by atoms with Crippen molar-refractivity contribution < 1.29 is 19.5 Å². The van der Waals surface area contributed by atoms with E-state index in [1.54, 1.807) is 12.1 Å². The summed E-state index contributed by atoms with van der Waals surface area (Å²) in [5, 5.41) is 21.7. The van der Waals surface area contributed by atoms with Crippen LogP contribution in [0, 0.1) is 0 Å². The lowest BCUT2D eigenvalue weighted by Gasteiger charge is -2.21. The molecule has 10 heteroatoms. The van der Waals surface area contributed by atoms with E-state index >= 15 is 0 Å². The fraction of sp³-hybridized carbons (Fsp3) is 0.333. The Morgan fingerprint density at radius 1 is 1.36 bits per heavy atom. The lowest BCUT2D eigenvalue weighted by molar-refractivity contribution is -0.137. The molecule has 1 aromatic carbocycles. The highest BCUT2D eigenvalue weighted by Crippen LogP contribution is 2.18. The molecule has 0 spiro atoms. The summed E-state index contributed by atoms with van der Waals surface area (Å²) >= 11 is 0. The van der Waals surface area contributed by atoms with Crippen LogP contribution in [-0.4, -0.2) is 44.4 Å². The Kier molecular flexibility index (Phi) is 4.42. The van der Waals surface area contributed by atoms with Gasteiger partial charge < -0.3 is 10.4 Å². The van der Waals surface area contributed by atoms with Gasteiger partial charge in [0.05, 0.1) is 11.8 Å². The Hall–Kier alpha value is -3.30. The molecule has 2 heterocycles. The molecule has 1 fully saturated rings. The van der Waals surface area contributed by atoms with Crippen LogP contribution in [0.4, 0.5) is 5.69 Å². The second-order valence-corrected chi connectivity index (χ2v) is 5.61. The summed E-state index contributed by atoms with van der Waals surface area (Å²) in [6.45, 7) is 0.209. The lowest BCUT2D eigenvalue weighted by Crippen LogP contribution is -2.45. The maximum absolute atomic E-state index is 12.7. The average molecular weight is 345 g/mol. The van der Waals surface area contributed by atoms with Crippen molar-refractivity contribution in [3.8, 4) is 0 Å². The predicted octanol–water partition coefficient (Wildman–Crippen LogP) is -0.344. The van der Waals surface area contributed by atoms with Gasteiger partial charge in [0.2, 0.25) is 5.91 Å². The Balaban J connectivity index is 1.92. The van der Waals surface area contributed by atoms with Gasteiger partial charge in [-0.3, -0.25) is 24.5 Å². The van der Waals surface area contributed by atoms with Crippen molar-refractivity contribution in [2.24, 2.45) is 0 Å². The number of aliphatic carboxylic acids is 1. The molecule has 0 aliphatic carbocycles. The number of amides is 2. The molecule has 1 saturated heterocycles. The number of hydrogen-bond donors (Lipinski definition) is 3. The minimum Gasteiger partial charge on any atom is -0.481 e. The first-order valence-corrected chi connectivity index (χ1v) is 7.64. The number of carbonyl (C=O) groups is 3. The SMILES string of the molecule is O=C(O)CCNc1ccc2nnn(C3CCC(=O)NC3=O)c(=O)c2c1. The molecule has 2 amide bonds. The van der Waals surface area contributed by atoms with Gasteiger partial charge in [-0.05, 0) is 24.6 Å². The Bertz CT molecular complexity index is 922. The molecule has 0 radical (unpaired) electrons. The fourth-order valence-electron chi connectivity index (χ4n) is 2.60. The number of aromatic nitrogens is 3. The number of hydrogen-bond acceptors (Lipinski definition) is 7. The van der Waals surface area contributed by atoms with Crippen molar-refractivity contribution >= 4 is 34.4 Å². The summed E-state index contributed by atoms with van der Waals surface area (Å²) in [6.07, 6.45) is 0.244. The number of anilines is 1. The lowest BCUT2D eigenvalue weighted by atomic mass is 10.1. The highest BCUT2D eigenvalue weighted by Gasteiger charge is 2.30. The zero-order valence-electron chi connectivity index (χ0n) is 13.1. The number of nitrogens with one attached hydrogen (secondary N) is 2. The van der Waals surface area contributed by atoms with Crippen LogP contribution in [0.5, 0.6) is 0 Å². The van der Waals surface area contributed by atoms with E-state index in [2.05, 4.69) is 20.9 Å². The Morgan fingerprint density at radius 2 is 2.16 bits per heavy atom. The number of benzene rings is 1. The van der Waals surface area contributed by atoms with E-state index in [0.29, 0.717) is 11.2 Å². The third-order valence-electron chi connectivity index (χ3n) is 3.86. The average Bonchev–Trinajstić information content (AvgIpc) is 2.56. The number of piperidine rings is 1. The maximum atomic E-state index is 12.7. The first kappa shape index (κ1) is 16.6. The summed E-state index contributed by atoms with van der Waals surface area (Å²) in [5.74, 6) is -1.89. The topological polar surface area (TPSA) is 143 Å². The fourth-order valence-corrected chi connectivity index (χ4v) is 2.60. The highest BCUT2D eigenvalue weighted by molar-refractivity contribution is 5.99. The second kappa shape index (κ2) is 6.67. The van der Waals surface area contributed by atoms with Crippen molar-refractivity contribution in [1.29, 1.82) is 0 Å². The van der Waals surface area contributed by atoms with Crippen LogP contribution in [0.25, 0.3) is 10.9 Å². The number of rotatable bonds is 5. The number of fused-ring (bicyclic) bond motifs is 1. The molecule has 3 rings (SSSR count). The van der Waals surface area contributed by atoms with E-state index in [1.165, 1.54) is 6.07 Å². The summed E-state index contributed by atoms with van der Waals surface area (Å²) in [5.41, 5.74) is 0.424. The van der Waals surface area contributed by atoms with Gasteiger partial charge in [0.15, 0.2) is 0 Å². The molecule has 1 atom stereocenters. The number of imide groups is 1. The first-order valence-electron chi connectivity index (χ1n) is 7.64. The van der Waals surface area contributed by atoms with Gasteiger partial charge in [0.1, 0.15) is 11.6 Å². The van der Waals surface area contributed by atoms with Gasteiger partial charge in [-0.15, -0.1) is 5.10 Å². The molecular formula is C15H15N5O5. The van der Waals surface area contributed by atoms with Crippen molar-refractivity contribution in [1.82, 2.24) is 20.3 Å². The minimum atomic E-state index is -0.931. The molecule has 1 aliphatic rings. The Labute approximate surface area is 140 Å². The van der Waals surface area contributed by atoms with E-state index in [1.807, 2.05) is 0 Å². The molecule has 0 saturated carbocycles. The van der Waals surface area contributed by atoms with Crippen LogP contribution in [0.3, 0.4) is 0 Å². The summed E-state index contributed by atoms with van der Waals surface area (Å²) in [7, 11) is 0. The molecule has 1 aromatic heterocycles. The van der Waals surface area contributed by atoms with E-state index < -0.39 is 23.5 Å². The maximum Gasteiger partial charge on any atom is 0.305 e. The van der Waals surface area contributed by atoms with E-state index in [-0.39, 0.29) is 37.1 Å². The molecule has 3 N–H and O–H groups in total. The predicted molar refractivity (Wildman–Crippen MR) is 86.0 cm³/mol. The highest BCUT2D eigenvalue weighted by atomic mass is 16.4. The molecule has 10 nitrogen and oxygen atoms in total. The standard InChI is InChI=1S/C15H15N5O5/c21-12-4-3-11(14(24)17-12)20-15(25)9-7-8(16-6-5-13(22)23)1-2-10(9)18-19-20/h1-2,7,11,16H,3-6H2,(H,22,23)(H,17,21,24). The first-order chi connectivity index (χ1) is 12.0. The quantitative estimate of drug-likeness (QED) is 0.624. The van der Waals surface area contributed by atoms with Crippen LogP contribution >= 0.6 is 0 Å². The van der Waals surface area contributed by atoms with Gasteiger partial charge in [-0.1, -0.05) is 5.21 Å². The van der Waals surface area contributed by atoms with E-state index in [0.717, 1.165) is 4.68 Å². The Morgan fingerprint density at radius 3 is 2.88 bits per heavy atom. The third-order valence-corrected chi connectivity index (χ3v) is 3.86. The zero-order chi connectivity index (χ0) is 18.0. The van der Waals surface area contributed by atoms with E-state index in [4.69, 9.17) is 5.11 Å². The van der Waals surface area contributed by atoms with Crippen molar-refractivity contribution in [2.75, 3.05) is 11.9 Å². The normalized spacial score (nSPS) is 17.4. The molecular weight excluding hydrogens is 330 g/mol. The molecule has 1 unspecified atom stereocenters. The van der Waals surface area contributed by atoms with Gasteiger partial charge in [0, 0.05) is 18.7 Å². The van der Waals surface area contributed by atoms with Crippen molar-refractivity contribution in [3.05, 3.63) is 28.6 Å². The minimum absolute atomic E-state index is 0.0624. The summed E-state index contributed by atoms with van der Waals surface area (Å²) in [4.78, 5) is 46.4. The molecule has 0 bridgehead atoms. The summed E-state index contributed by atoms with van der Waals surface area (Å²) < 4.78 is 0.977. The molecule has 25 heavy (non-hydrogen) atoms. The largest absolute Gasteiger partial charge is 0.481 e. The summed E-state index contributed by atoms with van der Waals surface area (Å²) in [6, 6.07) is 3.90. The monoisotopic (exact) mass is 345 g/mol. The molecule has 130 valence electrons. The number of carbonyl (C=O) groups excluding carboxylic acids is 2. The van der Waals surface area contributed by atoms with Crippen molar-refractivity contribution in [2.45, 2.75) is 25.3 Å². The zero-order valence-corrected chi connectivity index (χ0v) is 13.1. The third kappa shape index (κ3) is 3.47. The van der Waals surface area contributed by atoms with Crippen LogP contribution < -0.4 is 16.2 Å². The van der Waals surface area contributed by atoms with E-state index in [9.17, 15) is 19.2 Å². The van der Waals surface area contributed by atoms with Gasteiger partial charge >= 0.3 is 5.97 Å². The van der Waals surface area contributed by atoms with Crippen LogP contribution in [-0.2, 0) is 14.4 Å². The smallest absolute Gasteiger partial charge is 0.305 e. The van der Waals surface area contributed by atoms with Gasteiger partial charge in [-0.25, -0.2) is 0 Å². The second-order valence-electron chi connectivity index (χ2n) is 5.61.